The lowest BCUT2D eigenvalue weighted by atomic mass is 9.95. The Morgan fingerprint density at radius 1 is 1.40 bits per heavy atom. The van der Waals surface area contributed by atoms with Crippen molar-refractivity contribution in [2.75, 3.05) is 0 Å². The smallest absolute Gasteiger partial charge is 0.169 e. The quantitative estimate of drug-likeness (QED) is 0.748. The van der Waals surface area contributed by atoms with Crippen LogP contribution in [0.3, 0.4) is 0 Å². The molecular formula is C12H16O3. The van der Waals surface area contributed by atoms with Gasteiger partial charge >= 0.3 is 0 Å². The lowest BCUT2D eigenvalue weighted by Crippen LogP contribution is -2.11. The van der Waals surface area contributed by atoms with E-state index in [1.165, 1.54) is 18.2 Å². The lowest BCUT2D eigenvalue weighted by molar-refractivity contribution is 0.0921. The second-order valence-corrected chi connectivity index (χ2v) is 3.76. The first-order valence-electron chi connectivity index (χ1n) is 5.12. The molecule has 3 heteroatoms. The Labute approximate surface area is 89.4 Å². The van der Waals surface area contributed by atoms with Crippen LogP contribution in [0.25, 0.3) is 0 Å². The first kappa shape index (κ1) is 11.6. The summed E-state index contributed by atoms with van der Waals surface area (Å²) in [6, 6.07) is 4.05. The predicted molar refractivity (Wildman–Crippen MR) is 58.2 cm³/mol. The molecule has 0 heterocycles. The number of carbonyl (C=O) groups excluding carboxylic acids is 1. The van der Waals surface area contributed by atoms with Crippen LogP contribution in [0.5, 0.6) is 11.5 Å². The monoisotopic (exact) mass is 208 g/mol. The molecular weight excluding hydrogens is 192 g/mol. The van der Waals surface area contributed by atoms with Crippen molar-refractivity contribution in [2.24, 2.45) is 5.92 Å². The zero-order valence-corrected chi connectivity index (χ0v) is 9.03. The molecule has 15 heavy (non-hydrogen) atoms. The van der Waals surface area contributed by atoms with E-state index in [0.29, 0.717) is 0 Å². The number of rotatable bonds is 4. The summed E-state index contributed by atoms with van der Waals surface area (Å²) in [6.45, 7) is 3.86. The number of phenolic OH excluding ortho intramolecular Hbond substituents is 2. The van der Waals surface area contributed by atoms with Gasteiger partial charge in [-0.25, -0.2) is 0 Å². The highest BCUT2D eigenvalue weighted by atomic mass is 16.3. The lowest BCUT2D eigenvalue weighted by Gasteiger charge is -2.10. The van der Waals surface area contributed by atoms with Gasteiger partial charge < -0.3 is 10.2 Å². The molecule has 0 aliphatic heterocycles. The summed E-state index contributed by atoms with van der Waals surface area (Å²) in [6.07, 6.45) is 1.74. The van der Waals surface area contributed by atoms with Crippen molar-refractivity contribution in [3.8, 4) is 11.5 Å². The highest BCUT2D eigenvalue weighted by Crippen LogP contribution is 2.25. The molecule has 2 N–H and O–H groups in total. The number of phenols is 2. The van der Waals surface area contributed by atoms with Crippen molar-refractivity contribution in [2.45, 2.75) is 26.7 Å². The largest absolute Gasteiger partial charge is 0.508 e. The highest BCUT2D eigenvalue weighted by Gasteiger charge is 2.17. The Kier molecular flexibility index (Phi) is 3.72. The van der Waals surface area contributed by atoms with E-state index in [0.717, 1.165) is 12.8 Å². The van der Waals surface area contributed by atoms with Gasteiger partial charge in [-0.3, -0.25) is 4.79 Å². The average Bonchev–Trinajstić information content (AvgIpc) is 2.17. The third-order valence-corrected chi connectivity index (χ3v) is 2.42. The van der Waals surface area contributed by atoms with Crippen LogP contribution in [0.4, 0.5) is 0 Å². The van der Waals surface area contributed by atoms with Gasteiger partial charge in [0.2, 0.25) is 0 Å². The molecule has 0 saturated heterocycles. The third-order valence-electron chi connectivity index (χ3n) is 2.42. The van der Waals surface area contributed by atoms with E-state index in [1.54, 1.807) is 0 Å². The molecule has 1 aromatic rings. The van der Waals surface area contributed by atoms with Gasteiger partial charge in [0.25, 0.3) is 0 Å². The number of hydrogen-bond donors (Lipinski definition) is 2. The van der Waals surface area contributed by atoms with Crippen molar-refractivity contribution in [1.82, 2.24) is 0 Å². The van der Waals surface area contributed by atoms with Gasteiger partial charge in [-0.2, -0.15) is 0 Å². The van der Waals surface area contributed by atoms with Gasteiger partial charge in [0.05, 0.1) is 5.56 Å². The molecule has 0 spiro atoms. The SMILES string of the molecule is CCCC(C)C(=O)c1ccc(O)cc1O. The molecule has 1 unspecified atom stereocenters. The van der Waals surface area contributed by atoms with Crippen LogP contribution in [0.2, 0.25) is 0 Å². The molecule has 0 saturated carbocycles. The highest BCUT2D eigenvalue weighted by molar-refractivity contribution is 6.00. The summed E-state index contributed by atoms with van der Waals surface area (Å²) >= 11 is 0. The first-order chi connectivity index (χ1) is 7.06. The maximum atomic E-state index is 11.8. The topological polar surface area (TPSA) is 57.5 Å². The van der Waals surface area contributed by atoms with Crippen molar-refractivity contribution in [1.29, 1.82) is 0 Å². The van der Waals surface area contributed by atoms with Gasteiger partial charge in [-0.05, 0) is 18.6 Å². The Morgan fingerprint density at radius 2 is 2.07 bits per heavy atom. The summed E-state index contributed by atoms with van der Waals surface area (Å²) in [4.78, 5) is 11.8. The molecule has 1 aromatic carbocycles. The molecule has 3 nitrogen and oxygen atoms in total. The van der Waals surface area contributed by atoms with Crippen molar-refractivity contribution in [3.05, 3.63) is 23.8 Å². The number of hydrogen-bond acceptors (Lipinski definition) is 3. The third kappa shape index (κ3) is 2.72. The van der Waals surface area contributed by atoms with Crippen LogP contribution in [-0.2, 0) is 0 Å². The fraction of sp³-hybridized carbons (Fsp3) is 0.417. The van der Waals surface area contributed by atoms with E-state index in [4.69, 9.17) is 5.11 Å². The number of carbonyl (C=O) groups is 1. The molecule has 0 fully saturated rings. The minimum Gasteiger partial charge on any atom is -0.508 e. The van der Waals surface area contributed by atoms with Gasteiger partial charge in [-0.1, -0.05) is 20.3 Å². The second kappa shape index (κ2) is 4.82. The minimum atomic E-state index is -0.150. The fourth-order valence-electron chi connectivity index (χ4n) is 1.56. The number of ketones is 1. The molecule has 82 valence electrons. The molecule has 0 radical (unpaired) electrons. The number of Topliss-reactive ketones (excluding diaryl/α,β-unsaturated/α-hetero) is 1. The number of aromatic hydroxyl groups is 2. The molecule has 0 aliphatic carbocycles. The van der Waals surface area contributed by atoms with Gasteiger partial charge in [0, 0.05) is 12.0 Å². The maximum Gasteiger partial charge on any atom is 0.169 e. The van der Waals surface area contributed by atoms with Crippen LogP contribution in [0, 0.1) is 5.92 Å². The van der Waals surface area contributed by atoms with Gasteiger partial charge in [0.15, 0.2) is 5.78 Å². The number of benzene rings is 1. The van der Waals surface area contributed by atoms with E-state index < -0.39 is 0 Å². The van der Waals surface area contributed by atoms with Crippen molar-refractivity contribution in [3.63, 3.8) is 0 Å². The summed E-state index contributed by atoms with van der Waals surface area (Å²) in [7, 11) is 0. The van der Waals surface area contributed by atoms with Gasteiger partial charge in [-0.15, -0.1) is 0 Å². The molecule has 0 aliphatic rings. The van der Waals surface area contributed by atoms with Crippen molar-refractivity contribution < 1.29 is 15.0 Å². The van der Waals surface area contributed by atoms with Crippen LogP contribution >= 0.6 is 0 Å². The predicted octanol–water partition coefficient (Wildman–Crippen LogP) is 2.72. The van der Waals surface area contributed by atoms with Crippen LogP contribution in [0.1, 0.15) is 37.0 Å². The second-order valence-electron chi connectivity index (χ2n) is 3.76. The van der Waals surface area contributed by atoms with E-state index in [1.807, 2.05) is 13.8 Å². The normalized spacial score (nSPS) is 12.4. The van der Waals surface area contributed by atoms with Crippen LogP contribution < -0.4 is 0 Å². The maximum absolute atomic E-state index is 11.8. The van der Waals surface area contributed by atoms with Crippen molar-refractivity contribution >= 4 is 5.78 Å². The minimum absolute atomic E-state index is 0.0350. The van der Waals surface area contributed by atoms with Crippen LogP contribution in [0.15, 0.2) is 18.2 Å². The van der Waals surface area contributed by atoms with E-state index >= 15 is 0 Å². The van der Waals surface area contributed by atoms with Crippen LogP contribution in [-0.4, -0.2) is 16.0 Å². The average molecular weight is 208 g/mol. The fourth-order valence-corrected chi connectivity index (χ4v) is 1.56. The Morgan fingerprint density at radius 3 is 2.60 bits per heavy atom. The molecule has 1 rings (SSSR count). The summed E-state index contributed by atoms with van der Waals surface area (Å²) < 4.78 is 0. The first-order valence-corrected chi connectivity index (χ1v) is 5.12. The van der Waals surface area contributed by atoms with E-state index in [9.17, 15) is 9.90 Å². The van der Waals surface area contributed by atoms with Gasteiger partial charge in [0.1, 0.15) is 11.5 Å². The van der Waals surface area contributed by atoms with E-state index in [-0.39, 0.29) is 28.8 Å². The summed E-state index contributed by atoms with van der Waals surface area (Å²) in [5, 5.41) is 18.6. The molecule has 1 atom stereocenters. The molecule has 0 amide bonds. The molecule has 0 bridgehead atoms. The summed E-state index contributed by atoms with van der Waals surface area (Å²) in [5.41, 5.74) is 0.286. The Balaban J connectivity index is 2.91. The standard InChI is InChI=1S/C12H16O3/c1-3-4-8(2)12(15)10-6-5-9(13)7-11(10)14/h5-8,13-14H,3-4H2,1-2H3. The van der Waals surface area contributed by atoms with E-state index in [2.05, 4.69) is 0 Å². The summed E-state index contributed by atoms with van der Waals surface area (Å²) in [5.74, 6) is -0.352. The molecule has 0 aromatic heterocycles. The zero-order chi connectivity index (χ0) is 11.4. The zero-order valence-electron chi connectivity index (χ0n) is 9.03. The Bertz CT molecular complexity index is 358. The Hall–Kier alpha value is -1.51.